The van der Waals surface area contributed by atoms with Crippen LogP contribution in [0.5, 0.6) is 5.75 Å². The lowest BCUT2D eigenvalue weighted by molar-refractivity contribution is -0.121. The molecule has 9 heteroatoms. The molecule has 1 aromatic heterocycles. The van der Waals surface area contributed by atoms with Crippen LogP contribution in [-0.4, -0.2) is 39.4 Å². The molecular formula is C24H29N5O3S. The molecule has 0 fully saturated rings. The molecule has 0 unspecified atom stereocenters. The summed E-state index contributed by atoms with van der Waals surface area (Å²) in [5.41, 5.74) is 2.70. The Hall–Kier alpha value is -3.33. The van der Waals surface area contributed by atoms with Gasteiger partial charge in [-0.05, 0) is 50.1 Å². The van der Waals surface area contributed by atoms with Crippen molar-refractivity contribution in [1.29, 1.82) is 0 Å². The SMILES string of the molecule is CCn1c(SCC(=O)Nc2ccccc2C)nnc1[C@H](C)NC(=O)Cc1ccc(OC)cc1. The predicted molar refractivity (Wildman–Crippen MR) is 129 cm³/mol. The number of para-hydroxylation sites is 1. The maximum absolute atomic E-state index is 12.5. The average molecular weight is 468 g/mol. The lowest BCUT2D eigenvalue weighted by Crippen LogP contribution is -2.30. The smallest absolute Gasteiger partial charge is 0.234 e. The Morgan fingerprint density at radius 2 is 1.82 bits per heavy atom. The van der Waals surface area contributed by atoms with Crippen LogP contribution >= 0.6 is 11.8 Å². The van der Waals surface area contributed by atoms with Gasteiger partial charge in [0.25, 0.3) is 0 Å². The standard InChI is InChI=1S/C24H29N5O3S/c1-5-29-23(17(3)25-21(30)14-18-10-12-19(32-4)13-11-18)27-28-24(29)33-15-22(31)26-20-9-7-6-8-16(20)2/h6-13,17H,5,14-15H2,1-4H3,(H,25,30)(H,26,31)/t17-/m0/s1. The van der Waals surface area contributed by atoms with E-state index >= 15 is 0 Å². The topological polar surface area (TPSA) is 98.1 Å². The van der Waals surface area contributed by atoms with E-state index in [1.165, 1.54) is 11.8 Å². The highest BCUT2D eigenvalue weighted by atomic mass is 32.2. The van der Waals surface area contributed by atoms with Gasteiger partial charge in [0.1, 0.15) is 5.75 Å². The Bertz CT molecular complexity index is 1100. The van der Waals surface area contributed by atoms with Gasteiger partial charge in [0.2, 0.25) is 11.8 Å². The van der Waals surface area contributed by atoms with Gasteiger partial charge in [-0.25, -0.2) is 0 Å². The molecule has 3 rings (SSSR count). The van der Waals surface area contributed by atoms with E-state index in [1.807, 2.05) is 73.9 Å². The summed E-state index contributed by atoms with van der Waals surface area (Å²) in [5.74, 6) is 1.40. The molecule has 2 aromatic carbocycles. The third kappa shape index (κ3) is 6.58. The van der Waals surface area contributed by atoms with Crippen LogP contribution in [0.1, 0.15) is 36.8 Å². The molecule has 0 saturated carbocycles. The second-order valence-corrected chi connectivity index (χ2v) is 8.49. The minimum Gasteiger partial charge on any atom is -0.497 e. The average Bonchev–Trinajstić information content (AvgIpc) is 3.23. The van der Waals surface area contributed by atoms with Gasteiger partial charge in [0.05, 0.1) is 25.3 Å². The third-order valence-corrected chi connectivity index (χ3v) is 6.07. The number of methoxy groups -OCH3 is 1. The van der Waals surface area contributed by atoms with E-state index in [0.717, 1.165) is 22.6 Å². The van der Waals surface area contributed by atoms with Crippen molar-refractivity contribution in [3.8, 4) is 5.75 Å². The number of hydrogen-bond acceptors (Lipinski definition) is 6. The van der Waals surface area contributed by atoms with E-state index in [0.29, 0.717) is 17.5 Å². The number of nitrogens with zero attached hydrogens (tertiary/aromatic N) is 3. The first-order valence-corrected chi connectivity index (χ1v) is 11.7. The number of carbonyl (C=O) groups excluding carboxylic acids is 2. The first kappa shape index (κ1) is 24.3. The molecule has 0 spiro atoms. The van der Waals surface area contributed by atoms with Crippen molar-refractivity contribution < 1.29 is 14.3 Å². The van der Waals surface area contributed by atoms with E-state index in [4.69, 9.17) is 4.74 Å². The van der Waals surface area contributed by atoms with Gasteiger partial charge in [-0.1, -0.05) is 42.1 Å². The first-order valence-electron chi connectivity index (χ1n) is 10.7. The fraction of sp³-hybridized carbons (Fsp3) is 0.333. The second-order valence-electron chi connectivity index (χ2n) is 7.55. The monoisotopic (exact) mass is 467 g/mol. The zero-order valence-electron chi connectivity index (χ0n) is 19.3. The minimum absolute atomic E-state index is 0.106. The summed E-state index contributed by atoms with van der Waals surface area (Å²) in [6.45, 7) is 6.44. The highest BCUT2D eigenvalue weighted by molar-refractivity contribution is 7.99. The summed E-state index contributed by atoms with van der Waals surface area (Å²) in [6, 6.07) is 14.7. The number of carbonyl (C=O) groups is 2. The van der Waals surface area contributed by atoms with E-state index in [9.17, 15) is 9.59 Å². The lowest BCUT2D eigenvalue weighted by atomic mass is 10.1. The molecule has 3 aromatic rings. The molecule has 0 radical (unpaired) electrons. The molecule has 1 heterocycles. The van der Waals surface area contributed by atoms with Crippen molar-refractivity contribution in [3.05, 3.63) is 65.5 Å². The Morgan fingerprint density at radius 1 is 1.09 bits per heavy atom. The zero-order valence-corrected chi connectivity index (χ0v) is 20.1. The molecule has 0 aliphatic carbocycles. The number of ether oxygens (including phenoxy) is 1. The van der Waals surface area contributed by atoms with Crippen molar-refractivity contribution in [3.63, 3.8) is 0 Å². The van der Waals surface area contributed by atoms with Gasteiger partial charge >= 0.3 is 0 Å². The number of amides is 2. The molecule has 0 aliphatic heterocycles. The van der Waals surface area contributed by atoms with Crippen molar-refractivity contribution in [2.45, 2.75) is 44.9 Å². The number of aromatic nitrogens is 3. The number of thioether (sulfide) groups is 1. The number of rotatable bonds is 10. The molecule has 0 bridgehead atoms. The van der Waals surface area contributed by atoms with E-state index in [-0.39, 0.29) is 30.0 Å². The fourth-order valence-corrected chi connectivity index (χ4v) is 4.15. The van der Waals surface area contributed by atoms with E-state index < -0.39 is 0 Å². The van der Waals surface area contributed by atoms with Gasteiger partial charge in [-0.2, -0.15) is 0 Å². The summed E-state index contributed by atoms with van der Waals surface area (Å²) < 4.78 is 7.07. The van der Waals surface area contributed by atoms with Crippen molar-refractivity contribution in [1.82, 2.24) is 20.1 Å². The summed E-state index contributed by atoms with van der Waals surface area (Å²) in [5, 5.41) is 15.1. The van der Waals surface area contributed by atoms with Crippen LogP contribution in [0.4, 0.5) is 5.69 Å². The van der Waals surface area contributed by atoms with Gasteiger partial charge in [-0.15, -0.1) is 10.2 Å². The number of hydrogen-bond donors (Lipinski definition) is 2. The molecule has 174 valence electrons. The molecule has 0 saturated heterocycles. The fourth-order valence-electron chi connectivity index (χ4n) is 3.34. The second kappa shape index (κ2) is 11.5. The maximum Gasteiger partial charge on any atom is 0.234 e. The van der Waals surface area contributed by atoms with Crippen molar-refractivity contribution in [2.75, 3.05) is 18.2 Å². The Kier molecular flexibility index (Phi) is 8.48. The molecule has 33 heavy (non-hydrogen) atoms. The van der Waals surface area contributed by atoms with Crippen molar-refractivity contribution >= 4 is 29.3 Å². The van der Waals surface area contributed by atoms with Crippen LogP contribution in [0.25, 0.3) is 0 Å². The highest BCUT2D eigenvalue weighted by Gasteiger charge is 2.20. The van der Waals surface area contributed by atoms with Gasteiger partial charge in [0.15, 0.2) is 11.0 Å². The molecular weight excluding hydrogens is 438 g/mol. The largest absolute Gasteiger partial charge is 0.497 e. The van der Waals surface area contributed by atoms with E-state index in [1.54, 1.807) is 7.11 Å². The summed E-state index contributed by atoms with van der Waals surface area (Å²) in [6.07, 6.45) is 0.259. The number of aryl methyl sites for hydroxylation is 1. The number of benzene rings is 2. The van der Waals surface area contributed by atoms with Crippen LogP contribution in [0.3, 0.4) is 0 Å². The summed E-state index contributed by atoms with van der Waals surface area (Å²) >= 11 is 1.32. The molecule has 0 aliphatic rings. The van der Waals surface area contributed by atoms with E-state index in [2.05, 4.69) is 20.8 Å². The molecule has 8 nitrogen and oxygen atoms in total. The van der Waals surface area contributed by atoms with Gasteiger partial charge in [0, 0.05) is 12.2 Å². The summed E-state index contributed by atoms with van der Waals surface area (Å²) in [4.78, 5) is 24.9. The zero-order chi connectivity index (χ0) is 23.8. The predicted octanol–water partition coefficient (Wildman–Crippen LogP) is 3.77. The Morgan fingerprint density at radius 3 is 2.48 bits per heavy atom. The maximum atomic E-state index is 12.5. The normalized spacial score (nSPS) is 11.6. The Balaban J connectivity index is 1.57. The van der Waals surface area contributed by atoms with Crippen LogP contribution in [0.2, 0.25) is 0 Å². The van der Waals surface area contributed by atoms with Crippen LogP contribution in [0.15, 0.2) is 53.7 Å². The molecule has 2 N–H and O–H groups in total. The van der Waals surface area contributed by atoms with Crippen LogP contribution in [0, 0.1) is 6.92 Å². The lowest BCUT2D eigenvalue weighted by Gasteiger charge is -2.15. The molecule has 1 atom stereocenters. The quantitative estimate of drug-likeness (QED) is 0.441. The number of anilines is 1. The summed E-state index contributed by atoms with van der Waals surface area (Å²) in [7, 11) is 1.61. The third-order valence-electron chi connectivity index (χ3n) is 5.10. The number of nitrogens with one attached hydrogen (secondary N) is 2. The first-order chi connectivity index (χ1) is 15.9. The van der Waals surface area contributed by atoms with Gasteiger partial charge < -0.3 is 19.9 Å². The minimum atomic E-state index is -0.321. The van der Waals surface area contributed by atoms with Crippen LogP contribution in [-0.2, 0) is 22.6 Å². The highest BCUT2D eigenvalue weighted by Crippen LogP contribution is 2.22. The van der Waals surface area contributed by atoms with Crippen LogP contribution < -0.4 is 15.4 Å². The van der Waals surface area contributed by atoms with Gasteiger partial charge in [-0.3, -0.25) is 9.59 Å². The Labute approximate surface area is 198 Å². The molecule has 2 amide bonds. The van der Waals surface area contributed by atoms with Crippen molar-refractivity contribution in [2.24, 2.45) is 0 Å².